The van der Waals surface area contributed by atoms with Gasteiger partial charge in [0.1, 0.15) is 5.75 Å². The van der Waals surface area contributed by atoms with Crippen LogP contribution in [0.5, 0.6) is 5.75 Å². The van der Waals surface area contributed by atoms with Crippen LogP contribution in [0.25, 0.3) is 0 Å². The van der Waals surface area contributed by atoms with E-state index in [1.54, 1.807) is 21.3 Å². The lowest BCUT2D eigenvalue weighted by molar-refractivity contribution is 0.0698. The molecule has 0 saturated carbocycles. The summed E-state index contributed by atoms with van der Waals surface area (Å²) in [5.74, 6) is 1.65. The van der Waals surface area contributed by atoms with Crippen molar-refractivity contribution in [3.8, 4) is 5.75 Å². The summed E-state index contributed by atoms with van der Waals surface area (Å²) in [6.45, 7) is 5.55. The molecule has 0 radical (unpaired) electrons. The summed E-state index contributed by atoms with van der Waals surface area (Å²) in [6.07, 6.45) is 0.919. The van der Waals surface area contributed by atoms with Gasteiger partial charge in [0.25, 0.3) is 0 Å². The number of aryl methyl sites for hydroxylation is 1. The summed E-state index contributed by atoms with van der Waals surface area (Å²) >= 11 is 0. The molecular weight excluding hydrogens is 294 g/mol. The van der Waals surface area contributed by atoms with Crippen molar-refractivity contribution in [3.05, 3.63) is 29.3 Å². The van der Waals surface area contributed by atoms with Gasteiger partial charge >= 0.3 is 0 Å². The average Bonchev–Trinajstić information content (AvgIpc) is 2.56. The molecule has 0 amide bonds. The quantitative estimate of drug-likeness (QED) is 0.390. The Morgan fingerprint density at radius 1 is 1.09 bits per heavy atom. The predicted molar refractivity (Wildman–Crippen MR) is 93.2 cm³/mol. The number of nitrogens with one attached hydrogen (secondary N) is 2. The van der Waals surface area contributed by atoms with E-state index in [1.807, 2.05) is 12.1 Å². The third-order valence-corrected chi connectivity index (χ3v) is 3.22. The number of hydrogen-bond acceptors (Lipinski definition) is 4. The Hall–Kier alpha value is -1.79. The molecule has 0 aliphatic heterocycles. The second-order valence-electron chi connectivity index (χ2n) is 5.17. The molecule has 0 heterocycles. The van der Waals surface area contributed by atoms with E-state index in [4.69, 9.17) is 14.2 Å². The van der Waals surface area contributed by atoms with Crippen molar-refractivity contribution in [1.82, 2.24) is 10.6 Å². The summed E-state index contributed by atoms with van der Waals surface area (Å²) in [5.41, 5.74) is 2.34. The van der Waals surface area contributed by atoms with Gasteiger partial charge in [0.15, 0.2) is 5.96 Å². The Balaban J connectivity index is 2.27. The number of guanidine groups is 1. The molecular formula is C17H29N3O3. The number of benzene rings is 1. The fourth-order valence-electron chi connectivity index (χ4n) is 2.08. The number of rotatable bonds is 10. The van der Waals surface area contributed by atoms with Crippen molar-refractivity contribution >= 4 is 5.96 Å². The first-order chi connectivity index (χ1) is 11.2. The molecule has 130 valence electrons. The highest BCUT2D eigenvalue weighted by Gasteiger charge is 2.01. The zero-order valence-electron chi connectivity index (χ0n) is 14.6. The van der Waals surface area contributed by atoms with Crippen LogP contribution in [0.15, 0.2) is 23.2 Å². The Kier molecular flexibility index (Phi) is 9.83. The molecule has 0 fully saturated rings. The number of methoxy groups -OCH3 is 2. The predicted octanol–water partition coefficient (Wildman–Crippen LogP) is 1.72. The minimum Gasteiger partial charge on any atom is -0.497 e. The van der Waals surface area contributed by atoms with Crippen LogP contribution >= 0.6 is 0 Å². The zero-order valence-corrected chi connectivity index (χ0v) is 14.6. The first kappa shape index (κ1) is 19.3. The Labute approximate surface area is 139 Å². The topological polar surface area (TPSA) is 64.1 Å². The molecule has 6 heteroatoms. The van der Waals surface area contributed by atoms with E-state index in [9.17, 15) is 0 Å². The Morgan fingerprint density at radius 3 is 2.61 bits per heavy atom. The highest BCUT2D eigenvalue weighted by Crippen LogP contribution is 2.16. The highest BCUT2D eigenvalue weighted by atomic mass is 16.5. The molecule has 0 atom stereocenters. The SMILES string of the molecule is CN=C(NCCCOCCOC)NCc1cc(C)cc(OC)c1. The van der Waals surface area contributed by atoms with Crippen LogP contribution < -0.4 is 15.4 Å². The lowest BCUT2D eigenvalue weighted by atomic mass is 10.1. The summed E-state index contributed by atoms with van der Waals surface area (Å²) in [6, 6.07) is 6.17. The van der Waals surface area contributed by atoms with Crippen molar-refractivity contribution < 1.29 is 14.2 Å². The molecule has 6 nitrogen and oxygen atoms in total. The van der Waals surface area contributed by atoms with Gasteiger partial charge in [-0.2, -0.15) is 0 Å². The van der Waals surface area contributed by atoms with E-state index in [2.05, 4.69) is 28.6 Å². The van der Waals surface area contributed by atoms with Gasteiger partial charge in [-0.15, -0.1) is 0 Å². The van der Waals surface area contributed by atoms with Crippen LogP contribution in [0.1, 0.15) is 17.5 Å². The first-order valence-corrected chi connectivity index (χ1v) is 7.85. The van der Waals surface area contributed by atoms with Crippen molar-refractivity contribution in [2.75, 3.05) is 47.6 Å². The molecule has 0 unspecified atom stereocenters. The van der Waals surface area contributed by atoms with Crippen LogP contribution in [0.4, 0.5) is 0 Å². The van der Waals surface area contributed by atoms with E-state index < -0.39 is 0 Å². The summed E-state index contributed by atoms with van der Waals surface area (Å²) in [7, 11) is 5.12. The van der Waals surface area contributed by atoms with Crippen molar-refractivity contribution in [2.45, 2.75) is 19.9 Å². The lowest BCUT2D eigenvalue weighted by Crippen LogP contribution is -2.37. The standard InChI is InChI=1S/C17H29N3O3/c1-14-10-15(12-16(11-14)22-4)13-20-17(18-2)19-6-5-7-23-9-8-21-3/h10-12H,5-9,13H2,1-4H3,(H2,18,19,20). The van der Waals surface area contributed by atoms with E-state index in [-0.39, 0.29) is 0 Å². The molecule has 0 aliphatic rings. The van der Waals surface area contributed by atoms with Gasteiger partial charge in [0.05, 0.1) is 20.3 Å². The van der Waals surface area contributed by atoms with Crippen molar-refractivity contribution in [2.24, 2.45) is 4.99 Å². The summed E-state index contributed by atoms with van der Waals surface area (Å²) in [4.78, 5) is 4.22. The Morgan fingerprint density at radius 2 is 1.91 bits per heavy atom. The molecule has 1 rings (SSSR count). The van der Waals surface area contributed by atoms with Gasteiger partial charge in [-0.3, -0.25) is 4.99 Å². The Bertz CT molecular complexity index is 478. The van der Waals surface area contributed by atoms with E-state index in [0.717, 1.165) is 30.2 Å². The van der Waals surface area contributed by atoms with Gasteiger partial charge in [-0.25, -0.2) is 0 Å². The van der Waals surface area contributed by atoms with Gasteiger partial charge < -0.3 is 24.8 Å². The third-order valence-electron chi connectivity index (χ3n) is 3.22. The minimum absolute atomic E-state index is 0.636. The van der Waals surface area contributed by atoms with Gasteiger partial charge in [0.2, 0.25) is 0 Å². The molecule has 1 aromatic carbocycles. The van der Waals surface area contributed by atoms with Crippen LogP contribution in [-0.4, -0.2) is 53.6 Å². The monoisotopic (exact) mass is 323 g/mol. The van der Waals surface area contributed by atoms with Crippen molar-refractivity contribution in [1.29, 1.82) is 0 Å². The van der Waals surface area contributed by atoms with Gasteiger partial charge in [-0.1, -0.05) is 6.07 Å². The highest BCUT2D eigenvalue weighted by molar-refractivity contribution is 5.79. The molecule has 0 bridgehead atoms. The summed E-state index contributed by atoms with van der Waals surface area (Å²) < 4.78 is 15.6. The number of aliphatic imine (C=N–C) groups is 1. The maximum absolute atomic E-state index is 5.42. The normalized spacial score (nSPS) is 11.4. The molecule has 23 heavy (non-hydrogen) atoms. The van der Waals surface area contributed by atoms with E-state index in [0.29, 0.717) is 26.4 Å². The first-order valence-electron chi connectivity index (χ1n) is 7.85. The van der Waals surface area contributed by atoms with E-state index >= 15 is 0 Å². The van der Waals surface area contributed by atoms with Crippen LogP contribution in [0.3, 0.4) is 0 Å². The fourth-order valence-corrected chi connectivity index (χ4v) is 2.08. The summed E-state index contributed by atoms with van der Waals surface area (Å²) in [5, 5.41) is 6.57. The second-order valence-corrected chi connectivity index (χ2v) is 5.17. The lowest BCUT2D eigenvalue weighted by Gasteiger charge is -2.13. The molecule has 0 spiro atoms. The second kappa shape index (κ2) is 11.7. The molecule has 1 aromatic rings. The minimum atomic E-state index is 0.636. The molecule has 0 aromatic heterocycles. The number of nitrogens with zero attached hydrogens (tertiary/aromatic N) is 1. The average molecular weight is 323 g/mol. The van der Waals surface area contributed by atoms with Crippen LogP contribution in [-0.2, 0) is 16.0 Å². The maximum atomic E-state index is 5.42. The largest absolute Gasteiger partial charge is 0.497 e. The molecule has 2 N–H and O–H groups in total. The van der Waals surface area contributed by atoms with E-state index in [1.165, 1.54) is 5.56 Å². The zero-order chi connectivity index (χ0) is 16.9. The van der Waals surface area contributed by atoms with Gasteiger partial charge in [-0.05, 0) is 36.6 Å². The van der Waals surface area contributed by atoms with Crippen LogP contribution in [0, 0.1) is 6.92 Å². The maximum Gasteiger partial charge on any atom is 0.191 e. The van der Waals surface area contributed by atoms with Gasteiger partial charge in [0, 0.05) is 33.9 Å². The third kappa shape index (κ3) is 8.42. The van der Waals surface area contributed by atoms with Crippen LogP contribution in [0.2, 0.25) is 0 Å². The smallest absolute Gasteiger partial charge is 0.191 e. The number of ether oxygens (including phenoxy) is 3. The van der Waals surface area contributed by atoms with Crippen molar-refractivity contribution in [3.63, 3.8) is 0 Å². The number of hydrogen-bond donors (Lipinski definition) is 2. The molecule has 0 saturated heterocycles. The fraction of sp³-hybridized carbons (Fsp3) is 0.588. The molecule has 0 aliphatic carbocycles.